The second kappa shape index (κ2) is 19.6. The van der Waals surface area contributed by atoms with Gasteiger partial charge in [0.15, 0.2) is 0 Å². The Morgan fingerprint density at radius 1 is 0.172 bits per heavy atom. The van der Waals surface area contributed by atoms with Gasteiger partial charge in [-0.15, -0.1) is 0 Å². The second-order valence-electron chi connectivity index (χ2n) is 23.8. The molecule has 0 N–H and O–H groups in total. The van der Waals surface area contributed by atoms with E-state index in [-0.39, 0.29) is 0 Å². The predicted molar refractivity (Wildman–Crippen MR) is 359 cm³/mol. The lowest BCUT2D eigenvalue weighted by Crippen LogP contribution is -2.60. The molecule has 3 heterocycles. The van der Waals surface area contributed by atoms with Crippen molar-refractivity contribution in [3.63, 3.8) is 0 Å². The summed E-state index contributed by atoms with van der Waals surface area (Å²) in [6, 6.07) is 98.2. The summed E-state index contributed by atoms with van der Waals surface area (Å²) in [7, 11) is -2.40. The van der Waals surface area contributed by atoms with Crippen LogP contribution in [-0.2, 0) is 27.9 Å². The predicted octanol–water partition coefficient (Wildman–Crippen LogP) is 15.9. The monoisotopic (exact) mass is 1120 g/mol. The molecular formula is C78H51B3O6. The van der Waals surface area contributed by atoms with E-state index >= 15 is 0 Å². The van der Waals surface area contributed by atoms with Crippen LogP contribution in [0.2, 0.25) is 0 Å². The topological polar surface area (TPSA) is 55.4 Å². The maximum atomic E-state index is 7.60. The normalized spacial score (nSPS) is 20.1. The molecule has 1 aliphatic carbocycles. The maximum absolute atomic E-state index is 7.60. The van der Waals surface area contributed by atoms with E-state index in [1.807, 2.05) is 0 Å². The summed E-state index contributed by atoms with van der Waals surface area (Å²) in [5.74, 6) is 0. The number of hydrogen-bond donors (Lipinski definition) is 0. The third-order valence-corrected chi connectivity index (χ3v) is 19.4. The minimum Gasteiger partial charge on any atom is -0.399 e. The molecule has 4 aliphatic rings. The molecule has 0 atom stereocenters. The van der Waals surface area contributed by atoms with Crippen molar-refractivity contribution in [2.45, 2.75) is 36.6 Å². The zero-order valence-electron chi connectivity index (χ0n) is 47.1. The van der Waals surface area contributed by atoms with Crippen LogP contribution in [0.1, 0.15) is 0 Å². The molecule has 4 fully saturated rings. The first-order valence-corrected chi connectivity index (χ1v) is 30.4. The van der Waals surface area contributed by atoms with Gasteiger partial charge in [0, 0.05) is 0 Å². The molecule has 87 heavy (non-hydrogen) atoms. The van der Waals surface area contributed by atoms with E-state index in [4.69, 9.17) is 27.9 Å². The first kappa shape index (κ1) is 49.8. The molecule has 0 unspecified atom stereocenters. The lowest BCUT2D eigenvalue weighted by atomic mass is 9.71. The van der Waals surface area contributed by atoms with Crippen molar-refractivity contribution in [1.82, 2.24) is 0 Å². The molecule has 15 aromatic rings. The van der Waals surface area contributed by atoms with Gasteiger partial charge in [-0.05, 0) is 147 Å². The standard InChI is InChI=1S/C78H51B3O6/c1-4-28-49-46(22-1)25-19-43-52(49)67-55-31-7-13-37-61(55)70(62-38-14-8-32-56(62)67)79-82-73-74(83-79)76-78(87-81(85-76)72-65-41-17-11-35-59(65)69(60-36-12-18-42-66(60)72)54-45-21-27-48-24-3-6-30-51(48)54)77-75(73)84-80(86-77)71-63-39-15-9-33-57(63)68(58-34-10-16-40-64(58)71)53-44-20-26-47-23-2-5-29-50(47)53/h1-45,73-78H. The van der Waals surface area contributed by atoms with E-state index in [2.05, 4.69) is 273 Å². The van der Waals surface area contributed by atoms with Crippen LogP contribution in [-0.4, -0.2) is 58.0 Å². The van der Waals surface area contributed by atoms with Crippen molar-refractivity contribution in [2.75, 3.05) is 0 Å². The van der Waals surface area contributed by atoms with Crippen molar-refractivity contribution in [2.24, 2.45) is 0 Å². The Kier molecular flexibility index (Phi) is 11.2. The van der Waals surface area contributed by atoms with Crippen LogP contribution >= 0.6 is 0 Å². The fourth-order valence-electron chi connectivity index (χ4n) is 15.9. The van der Waals surface area contributed by atoms with Gasteiger partial charge < -0.3 is 27.9 Å². The van der Waals surface area contributed by atoms with Crippen LogP contribution in [0.5, 0.6) is 0 Å². The van der Waals surface area contributed by atoms with E-state index in [1.165, 1.54) is 65.7 Å². The summed E-state index contributed by atoms with van der Waals surface area (Å²) in [6.45, 7) is 0. The molecule has 19 rings (SSSR count). The Morgan fingerprint density at radius 3 is 0.563 bits per heavy atom. The van der Waals surface area contributed by atoms with Gasteiger partial charge in [-0.25, -0.2) is 0 Å². The summed E-state index contributed by atoms with van der Waals surface area (Å²) in [6.07, 6.45) is -3.67. The van der Waals surface area contributed by atoms with Crippen molar-refractivity contribution >= 4 is 135 Å². The van der Waals surface area contributed by atoms with Crippen molar-refractivity contribution in [1.29, 1.82) is 0 Å². The highest BCUT2D eigenvalue weighted by molar-refractivity contribution is 6.71. The second-order valence-corrected chi connectivity index (χ2v) is 23.8. The summed E-state index contributed by atoms with van der Waals surface area (Å²) in [4.78, 5) is 0. The minimum atomic E-state index is -0.802. The van der Waals surface area contributed by atoms with Gasteiger partial charge in [-0.2, -0.15) is 0 Å². The van der Waals surface area contributed by atoms with Crippen LogP contribution in [0.3, 0.4) is 0 Å². The summed E-state index contributed by atoms with van der Waals surface area (Å²) in [5, 5.41) is 20.3. The molecule has 0 amide bonds. The summed E-state index contributed by atoms with van der Waals surface area (Å²) >= 11 is 0. The van der Waals surface area contributed by atoms with E-state index in [1.54, 1.807) is 0 Å². The fraction of sp³-hybridized carbons (Fsp3) is 0.0769. The molecule has 15 aromatic carbocycles. The summed E-state index contributed by atoms with van der Waals surface area (Å²) < 4.78 is 45.6. The highest BCUT2D eigenvalue weighted by atomic mass is 16.7. The average Bonchev–Trinajstić information content (AvgIpc) is 2.06. The lowest BCUT2D eigenvalue weighted by Gasteiger charge is -2.40. The van der Waals surface area contributed by atoms with Crippen LogP contribution in [0.15, 0.2) is 273 Å². The van der Waals surface area contributed by atoms with Crippen LogP contribution in [0.25, 0.3) is 130 Å². The van der Waals surface area contributed by atoms with Gasteiger partial charge >= 0.3 is 21.4 Å². The van der Waals surface area contributed by atoms with Crippen LogP contribution in [0, 0.1) is 0 Å². The Hall–Kier alpha value is -9.41. The zero-order valence-corrected chi connectivity index (χ0v) is 47.1. The Balaban J connectivity index is 0.790. The summed E-state index contributed by atoms with van der Waals surface area (Å²) in [5.41, 5.74) is 10.0. The van der Waals surface area contributed by atoms with E-state index in [0.717, 1.165) is 81.0 Å². The number of hydrogen-bond acceptors (Lipinski definition) is 6. The first-order chi connectivity index (χ1) is 43.2. The zero-order chi connectivity index (χ0) is 56.8. The Bertz CT molecular complexity index is 4620. The van der Waals surface area contributed by atoms with Gasteiger partial charge in [0.2, 0.25) is 0 Å². The van der Waals surface area contributed by atoms with Crippen molar-refractivity contribution in [3.05, 3.63) is 273 Å². The van der Waals surface area contributed by atoms with Crippen LogP contribution < -0.4 is 16.4 Å². The Morgan fingerprint density at radius 2 is 0.345 bits per heavy atom. The molecule has 3 aliphatic heterocycles. The molecule has 0 radical (unpaired) electrons. The highest BCUT2D eigenvalue weighted by Crippen LogP contribution is 2.48. The molecule has 0 spiro atoms. The number of fused-ring (bicyclic) bond motifs is 15. The smallest absolute Gasteiger partial charge is 0.399 e. The molecule has 1 saturated carbocycles. The average molecular weight is 1120 g/mol. The SMILES string of the molecule is c1ccc2c(-c3c4ccccc4c(B4OC5C6OB(c7c8ccccc8c(-c8cccc9ccccc89)c8ccccc78)OC6C6OB(c7c8ccccc8c(-c8cccc9ccccc89)c8ccccc78)OC6C5O4)c4ccccc34)cccc2c1. The lowest BCUT2D eigenvalue weighted by molar-refractivity contribution is -0.106. The number of benzene rings is 15. The molecular weight excluding hydrogens is 1070 g/mol. The quantitative estimate of drug-likeness (QED) is 0.122. The van der Waals surface area contributed by atoms with Crippen molar-refractivity contribution < 1.29 is 27.9 Å². The van der Waals surface area contributed by atoms with E-state index in [9.17, 15) is 0 Å². The number of rotatable bonds is 6. The maximum Gasteiger partial charge on any atom is 0.495 e. The first-order valence-electron chi connectivity index (χ1n) is 30.4. The molecule has 6 nitrogen and oxygen atoms in total. The largest absolute Gasteiger partial charge is 0.495 e. The molecule has 408 valence electrons. The van der Waals surface area contributed by atoms with Crippen LogP contribution in [0.4, 0.5) is 0 Å². The molecule has 0 bridgehead atoms. The van der Waals surface area contributed by atoms with Gasteiger partial charge in [0.05, 0.1) is 36.6 Å². The van der Waals surface area contributed by atoms with Crippen molar-refractivity contribution in [3.8, 4) is 33.4 Å². The Labute approximate surface area is 502 Å². The van der Waals surface area contributed by atoms with Gasteiger partial charge in [-0.1, -0.05) is 273 Å². The van der Waals surface area contributed by atoms with Gasteiger partial charge in [0.25, 0.3) is 0 Å². The third kappa shape index (κ3) is 7.42. The van der Waals surface area contributed by atoms with E-state index in [0.29, 0.717) is 0 Å². The molecule has 0 aromatic heterocycles. The molecule has 3 saturated heterocycles. The molecule has 9 heteroatoms. The third-order valence-electron chi connectivity index (χ3n) is 19.4. The highest BCUT2D eigenvalue weighted by Gasteiger charge is 2.67. The minimum absolute atomic E-state index is 0.612. The fourth-order valence-corrected chi connectivity index (χ4v) is 15.9. The van der Waals surface area contributed by atoms with Gasteiger partial charge in [0.1, 0.15) is 0 Å². The van der Waals surface area contributed by atoms with Gasteiger partial charge in [-0.3, -0.25) is 0 Å². The van der Waals surface area contributed by atoms with E-state index < -0.39 is 58.0 Å².